The third kappa shape index (κ3) is 5.32. The minimum Gasteiger partial charge on any atom is -0.496 e. The maximum atomic E-state index is 13.4. The van der Waals surface area contributed by atoms with Crippen LogP contribution in [-0.4, -0.2) is 46.7 Å². The van der Waals surface area contributed by atoms with Crippen LogP contribution in [0.15, 0.2) is 79.1 Å². The largest absolute Gasteiger partial charge is 0.496 e. The fourth-order valence-electron chi connectivity index (χ4n) is 5.03. The van der Waals surface area contributed by atoms with E-state index in [1.807, 2.05) is 49.5 Å². The van der Waals surface area contributed by atoms with Gasteiger partial charge in [-0.1, -0.05) is 42.5 Å². The molecule has 4 aromatic rings. The Labute approximate surface area is 223 Å². The van der Waals surface area contributed by atoms with Crippen molar-refractivity contribution in [3.8, 4) is 16.9 Å². The molecule has 5 rings (SSSR count). The van der Waals surface area contributed by atoms with Crippen LogP contribution in [0.25, 0.3) is 11.1 Å². The summed E-state index contributed by atoms with van der Waals surface area (Å²) in [7, 11) is 3.46. The van der Waals surface area contributed by atoms with Crippen molar-refractivity contribution < 1.29 is 14.3 Å². The van der Waals surface area contributed by atoms with E-state index < -0.39 is 0 Å². The van der Waals surface area contributed by atoms with E-state index in [0.717, 1.165) is 29.5 Å². The quantitative estimate of drug-likeness (QED) is 0.364. The summed E-state index contributed by atoms with van der Waals surface area (Å²) < 4.78 is 7.13. The fraction of sp³-hybridized carbons (Fsp3) is 0.258. The van der Waals surface area contributed by atoms with E-state index in [4.69, 9.17) is 4.74 Å². The van der Waals surface area contributed by atoms with Crippen molar-refractivity contribution >= 4 is 17.5 Å². The van der Waals surface area contributed by atoms with Crippen LogP contribution in [0, 0.1) is 6.92 Å². The number of benzene rings is 3. The molecular formula is C31H32N4O3. The van der Waals surface area contributed by atoms with E-state index in [1.54, 1.807) is 28.9 Å². The van der Waals surface area contributed by atoms with Gasteiger partial charge in [-0.2, -0.15) is 5.10 Å². The molecule has 1 fully saturated rings. The molecule has 0 spiro atoms. The molecular weight excluding hydrogens is 476 g/mol. The number of carbonyl (C=O) groups is 2. The number of anilines is 1. The zero-order chi connectivity index (χ0) is 26.6. The number of rotatable bonds is 6. The lowest BCUT2D eigenvalue weighted by atomic mass is 9.88. The van der Waals surface area contributed by atoms with Crippen LogP contribution >= 0.6 is 0 Å². The number of aryl methyl sites for hydroxylation is 2. The maximum Gasteiger partial charge on any atom is 0.259 e. The lowest BCUT2D eigenvalue weighted by Gasteiger charge is -2.32. The highest BCUT2D eigenvalue weighted by molar-refractivity contribution is 6.07. The molecule has 7 heteroatoms. The summed E-state index contributed by atoms with van der Waals surface area (Å²) in [4.78, 5) is 28.2. The second kappa shape index (κ2) is 10.9. The van der Waals surface area contributed by atoms with Gasteiger partial charge in [0.15, 0.2) is 0 Å². The predicted octanol–water partition coefficient (Wildman–Crippen LogP) is 5.68. The summed E-state index contributed by atoms with van der Waals surface area (Å²) in [5.41, 5.74) is 6.10. The van der Waals surface area contributed by atoms with Crippen molar-refractivity contribution in [1.82, 2.24) is 14.7 Å². The molecule has 2 amide bonds. The van der Waals surface area contributed by atoms with Crippen molar-refractivity contribution in [2.45, 2.75) is 25.7 Å². The fourth-order valence-corrected chi connectivity index (χ4v) is 5.03. The minimum atomic E-state index is -0.273. The molecule has 0 aliphatic carbocycles. The van der Waals surface area contributed by atoms with E-state index in [2.05, 4.69) is 34.7 Å². The molecule has 1 N–H and O–H groups in total. The van der Waals surface area contributed by atoms with Crippen LogP contribution in [0.3, 0.4) is 0 Å². The Morgan fingerprint density at radius 1 is 0.974 bits per heavy atom. The van der Waals surface area contributed by atoms with Crippen LogP contribution in [0.1, 0.15) is 50.6 Å². The Morgan fingerprint density at radius 2 is 1.71 bits per heavy atom. The summed E-state index contributed by atoms with van der Waals surface area (Å²) in [6.07, 6.45) is 5.72. The van der Waals surface area contributed by atoms with Crippen molar-refractivity contribution in [2.24, 2.45) is 7.05 Å². The van der Waals surface area contributed by atoms with Gasteiger partial charge in [0, 0.05) is 43.1 Å². The molecule has 0 atom stereocenters. The summed E-state index contributed by atoms with van der Waals surface area (Å²) in [5, 5.41) is 7.20. The molecule has 1 aliphatic rings. The molecule has 0 bridgehead atoms. The van der Waals surface area contributed by atoms with Crippen molar-refractivity contribution in [1.29, 1.82) is 0 Å². The van der Waals surface area contributed by atoms with Gasteiger partial charge in [-0.05, 0) is 66.6 Å². The van der Waals surface area contributed by atoms with Crippen LogP contribution in [0.5, 0.6) is 5.75 Å². The molecule has 7 nitrogen and oxygen atoms in total. The molecule has 0 saturated carbocycles. The number of ether oxygens (including phenoxy) is 1. The number of hydrogen-bond acceptors (Lipinski definition) is 4. The van der Waals surface area contributed by atoms with E-state index >= 15 is 0 Å². The van der Waals surface area contributed by atoms with Crippen molar-refractivity contribution in [3.05, 3.63) is 101 Å². The van der Waals surface area contributed by atoms with Gasteiger partial charge in [-0.25, -0.2) is 0 Å². The Morgan fingerprint density at radius 3 is 2.39 bits per heavy atom. The molecule has 1 aromatic heterocycles. The molecule has 0 radical (unpaired) electrons. The normalized spacial score (nSPS) is 13.8. The number of hydrogen-bond donors (Lipinski definition) is 1. The van der Waals surface area contributed by atoms with Gasteiger partial charge in [0.25, 0.3) is 11.8 Å². The smallest absolute Gasteiger partial charge is 0.259 e. The van der Waals surface area contributed by atoms with Crippen LogP contribution < -0.4 is 10.1 Å². The maximum absolute atomic E-state index is 13.4. The average Bonchev–Trinajstić information content (AvgIpc) is 3.40. The first-order chi connectivity index (χ1) is 18.4. The Balaban J connectivity index is 1.23. The van der Waals surface area contributed by atoms with E-state index in [1.165, 1.54) is 12.7 Å². The number of para-hydroxylation sites is 1. The average molecular weight is 509 g/mol. The summed E-state index contributed by atoms with van der Waals surface area (Å²) in [5.74, 6) is 0.647. The van der Waals surface area contributed by atoms with E-state index in [0.29, 0.717) is 41.6 Å². The predicted molar refractivity (Wildman–Crippen MR) is 149 cm³/mol. The van der Waals surface area contributed by atoms with Gasteiger partial charge in [0.1, 0.15) is 5.75 Å². The Bertz CT molecular complexity index is 1450. The highest BCUT2D eigenvalue weighted by Gasteiger charge is 2.25. The zero-order valence-corrected chi connectivity index (χ0v) is 22.0. The first-order valence-electron chi connectivity index (χ1n) is 12.9. The topological polar surface area (TPSA) is 76.5 Å². The van der Waals surface area contributed by atoms with Gasteiger partial charge in [-0.15, -0.1) is 0 Å². The first-order valence-corrected chi connectivity index (χ1v) is 12.9. The lowest BCUT2D eigenvalue weighted by Crippen LogP contribution is -2.38. The summed E-state index contributed by atoms with van der Waals surface area (Å²) in [6.45, 7) is 3.31. The monoisotopic (exact) mass is 508 g/mol. The third-order valence-electron chi connectivity index (χ3n) is 7.29. The molecule has 194 valence electrons. The van der Waals surface area contributed by atoms with Crippen molar-refractivity contribution in [3.63, 3.8) is 0 Å². The second-order valence-electron chi connectivity index (χ2n) is 9.78. The van der Waals surface area contributed by atoms with Crippen LogP contribution in [-0.2, 0) is 7.05 Å². The van der Waals surface area contributed by atoms with Gasteiger partial charge in [0.05, 0.1) is 18.9 Å². The van der Waals surface area contributed by atoms with E-state index in [-0.39, 0.29) is 11.8 Å². The molecule has 38 heavy (non-hydrogen) atoms. The summed E-state index contributed by atoms with van der Waals surface area (Å²) in [6, 6.07) is 21.3. The number of carbonyl (C=O) groups excluding carboxylic acids is 2. The molecule has 0 unspecified atom stereocenters. The van der Waals surface area contributed by atoms with Gasteiger partial charge in [0.2, 0.25) is 0 Å². The lowest BCUT2D eigenvalue weighted by molar-refractivity contribution is 0.0712. The number of nitrogens with zero attached hydrogens (tertiary/aromatic N) is 3. The minimum absolute atomic E-state index is 0.0110. The SMILES string of the molecule is COc1ccccc1C(=O)Nc1cc(C(=O)N2CCC(c3ccc(-c4cnn(C)c4)cc3)CC2)ccc1C. The number of likely N-dealkylation sites (tertiary alicyclic amines) is 1. The number of aromatic nitrogens is 2. The third-order valence-corrected chi connectivity index (χ3v) is 7.29. The van der Waals surface area contributed by atoms with E-state index in [9.17, 15) is 9.59 Å². The number of nitrogens with one attached hydrogen (secondary N) is 1. The Kier molecular flexibility index (Phi) is 7.26. The van der Waals surface area contributed by atoms with Gasteiger partial charge < -0.3 is 15.0 Å². The molecule has 1 saturated heterocycles. The second-order valence-corrected chi connectivity index (χ2v) is 9.78. The summed E-state index contributed by atoms with van der Waals surface area (Å²) >= 11 is 0. The van der Waals surface area contributed by atoms with Gasteiger partial charge >= 0.3 is 0 Å². The first kappa shape index (κ1) is 25.3. The zero-order valence-electron chi connectivity index (χ0n) is 22.0. The van der Waals surface area contributed by atoms with Crippen molar-refractivity contribution in [2.75, 3.05) is 25.5 Å². The number of amides is 2. The molecule has 2 heterocycles. The Hall–Kier alpha value is -4.39. The number of piperidine rings is 1. The standard InChI is InChI=1S/C31H32N4O3/c1-21-8-9-25(18-28(21)33-30(36)27-6-4-5-7-29(27)38-3)31(37)35-16-14-24(15-17-35)22-10-12-23(13-11-22)26-19-32-34(2)20-26/h4-13,18-20,24H,14-17H2,1-3H3,(H,33,36). The van der Waals surface area contributed by atoms with Gasteiger partial charge in [-0.3, -0.25) is 14.3 Å². The molecule has 1 aliphatic heterocycles. The molecule has 3 aromatic carbocycles. The van der Waals surface area contributed by atoms with Crippen LogP contribution in [0.2, 0.25) is 0 Å². The highest BCUT2D eigenvalue weighted by atomic mass is 16.5. The number of methoxy groups -OCH3 is 1. The van der Waals surface area contributed by atoms with Crippen LogP contribution in [0.4, 0.5) is 5.69 Å². The highest BCUT2D eigenvalue weighted by Crippen LogP contribution is 2.31.